The van der Waals surface area contributed by atoms with Crippen LogP contribution in [-0.2, 0) is 13.0 Å². The third-order valence-corrected chi connectivity index (χ3v) is 3.42. The Hall–Kier alpha value is -1.94. The first-order valence-corrected chi connectivity index (χ1v) is 7.44. The molecule has 0 bridgehead atoms. The molecule has 0 spiro atoms. The lowest BCUT2D eigenvalue weighted by molar-refractivity contribution is 0.587. The molecule has 4 heteroatoms. The lowest BCUT2D eigenvalue weighted by Gasteiger charge is -2.22. The van der Waals surface area contributed by atoms with Gasteiger partial charge < -0.3 is 10.2 Å². The molecule has 0 aliphatic heterocycles. The third-order valence-electron chi connectivity index (χ3n) is 3.42. The number of anilines is 1. The Bertz CT molecular complexity index is 539. The first-order valence-electron chi connectivity index (χ1n) is 7.44. The number of nitrogens with one attached hydrogen (secondary N) is 1. The van der Waals surface area contributed by atoms with E-state index in [-0.39, 0.29) is 0 Å². The van der Waals surface area contributed by atoms with Gasteiger partial charge in [0.2, 0.25) is 0 Å². The number of rotatable bonds is 7. The van der Waals surface area contributed by atoms with E-state index < -0.39 is 0 Å². The number of hydrogen-bond acceptors (Lipinski definition) is 4. The van der Waals surface area contributed by atoms with Crippen molar-refractivity contribution in [2.75, 3.05) is 18.5 Å². The Labute approximate surface area is 127 Å². The molecular weight excluding hydrogens is 260 g/mol. The summed E-state index contributed by atoms with van der Waals surface area (Å²) < 4.78 is 0. The second kappa shape index (κ2) is 7.74. The molecule has 0 fully saturated rings. The van der Waals surface area contributed by atoms with Crippen molar-refractivity contribution in [1.29, 1.82) is 0 Å². The highest BCUT2D eigenvalue weighted by atomic mass is 15.1. The standard InChI is InChI=1S/C17H24N4/c1-14(2)20-13-15-12-18-10-7-17(15)21(3)11-8-16-6-4-5-9-19-16/h4-7,9-10,12,14,20H,8,11,13H2,1-3H3. The van der Waals surface area contributed by atoms with Crippen LogP contribution in [0.25, 0.3) is 0 Å². The molecule has 0 aliphatic rings. The maximum Gasteiger partial charge on any atom is 0.0440 e. The Morgan fingerprint density at radius 1 is 1.19 bits per heavy atom. The highest BCUT2D eigenvalue weighted by molar-refractivity contribution is 5.51. The normalized spacial score (nSPS) is 10.9. The summed E-state index contributed by atoms with van der Waals surface area (Å²) in [6.07, 6.45) is 6.59. The van der Waals surface area contributed by atoms with Gasteiger partial charge in [0.1, 0.15) is 0 Å². The average molecular weight is 284 g/mol. The molecule has 0 aliphatic carbocycles. The zero-order valence-corrected chi connectivity index (χ0v) is 13.1. The zero-order valence-electron chi connectivity index (χ0n) is 13.1. The number of pyridine rings is 2. The maximum absolute atomic E-state index is 4.37. The fraction of sp³-hybridized carbons (Fsp3) is 0.412. The summed E-state index contributed by atoms with van der Waals surface area (Å²) >= 11 is 0. The highest BCUT2D eigenvalue weighted by Crippen LogP contribution is 2.18. The van der Waals surface area contributed by atoms with Gasteiger partial charge in [-0.25, -0.2) is 0 Å². The van der Waals surface area contributed by atoms with Gasteiger partial charge in [-0.1, -0.05) is 19.9 Å². The molecule has 2 rings (SSSR count). The van der Waals surface area contributed by atoms with Crippen molar-refractivity contribution < 1.29 is 0 Å². The van der Waals surface area contributed by atoms with E-state index in [9.17, 15) is 0 Å². The molecule has 2 aromatic heterocycles. The molecule has 0 amide bonds. The third kappa shape index (κ3) is 4.83. The van der Waals surface area contributed by atoms with Crippen LogP contribution in [0.15, 0.2) is 42.9 Å². The first kappa shape index (κ1) is 15.4. The molecule has 4 nitrogen and oxygen atoms in total. The molecule has 0 aromatic carbocycles. The quantitative estimate of drug-likeness (QED) is 0.848. The minimum atomic E-state index is 0.469. The molecule has 0 unspecified atom stereocenters. The number of likely N-dealkylation sites (N-methyl/N-ethyl adjacent to an activating group) is 1. The summed E-state index contributed by atoms with van der Waals surface area (Å²) in [5.74, 6) is 0. The van der Waals surface area contributed by atoms with Crippen molar-refractivity contribution in [2.24, 2.45) is 0 Å². The lowest BCUT2D eigenvalue weighted by Crippen LogP contribution is -2.26. The minimum absolute atomic E-state index is 0.469. The molecule has 21 heavy (non-hydrogen) atoms. The monoisotopic (exact) mass is 284 g/mol. The predicted octanol–water partition coefficient (Wildman–Crippen LogP) is 2.65. The van der Waals surface area contributed by atoms with Gasteiger partial charge in [0.15, 0.2) is 0 Å². The van der Waals surface area contributed by atoms with Crippen LogP contribution in [0.3, 0.4) is 0 Å². The van der Waals surface area contributed by atoms with Crippen molar-refractivity contribution in [3.63, 3.8) is 0 Å². The van der Waals surface area contributed by atoms with E-state index >= 15 is 0 Å². The molecule has 0 saturated heterocycles. The van der Waals surface area contributed by atoms with E-state index in [4.69, 9.17) is 0 Å². The van der Waals surface area contributed by atoms with Crippen LogP contribution >= 0.6 is 0 Å². The lowest BCUT2D eigenvalue weighted by atomic mass is 10.2. The van der Waals surface area contributed by atoms with Gasteiger partial charge in [0.25, 0.3) is 0 Å². The summed E-state index contributed by atoms with van der Waals surface area (Å²) in [6, 6.07) is 8.60. The van der Waals surface area contributed by atoms with E-state index in [1.54, 1.807) is 0 Å². The smallest absolute Gasteiger partial charge is 0.0440 e. The van der Waals surface area contributed by atoms with E-state index in [0.29, 0.717) is 6.04 Å². The van der Waals surface area contributed by atoms with Crippen LogP contribution < -0.4 is 10.2 Å². The molecule has 112 valence electrons. The van der Waals surface area contributed by atoms with Crippen molar-refractivity contribution >= 4 is 5.69 Å². The predicted molar refractivity (Wildman–Crippen MR) is 87.4 cm³/mol. The van der Waals surface area contributed by atoms with Gasteiger partial charge in [-0.15, -0.1) is 0 Å². The summed E-state index contributed by atoms with van der Waals surface area (Å²) in [4.78, 5) is 10.9. The van der Waals surface area contributed by atoms with E-state index in [1.165, 1.54) is 11.3 Å². The van der Waals surface area contributed by atoms with E-state index in [2.05, 4.69) is 53.2 Å². The van der Waals surface area contributed by atoms with Gasteiger partial charge in [0.05, 0.1) is 0 Å². The topological polar surface area (TPSA) is 41.1 Å². The average Bonchev–Trinajstić information content (AvgIpc) is 2.52. The van der Waals surface area contributed by atoms with Crippen LogP contribution in [0, 0.1) is 0 Å². The van der Waals surface area contributed by atoms with Crippen LogP contribution in [0.4, 0.5) is 5.69 Å². The second-order valence-corrected chi connectivity index (χ2v) is 5.53. The van der Waals surface area contributed by atoms with Gasteiger partial charge >= 0.3 is 0 Å². The van der Waals surface area contributed by atoms with Crippen molar-refractivity contribution in [3.05, 3.63) is 54.1 Å². The fourth-order valence-corrected chi connectivity index (χ4v) is 2.19. The molecule has 1 N–H and O–H groups in total. The van der Waals surface area contributed by atoms with Crippen LogP contribution in [-0.4, -0.2) is 29.6 Å². The van der Waals surface area contributed by atoms with Crippen molar-refractivity contribution in [3.8, 4) is 0 Å². The summed E-state index contributed by atoms with van der Waals surface area (Å²) in [7, 11) is 2.12. The SMILES string of the molecule is CC(C)NCc1cnccc1N(C)CCc1ccccn1. The Balaban J connectivity index is 1.99. The van der Waals surface area contributed by atoms with Crippen LogP contribution in [0.1, 0.15) is 25.1 Å². The molecule has 0 atom stereocenters. The van der Waals surface area contributed by atoms with Crippen molar-refractivity contribution in [1.82, 2.24) is 15.3 Å². The van der Waals surface area contributed by atoms with Gasteiger partial charge in [-0.3, -0.25) is 9.97 Å². The summed E-state index contributed by atoms with van der Waals surface area (Å²) in [5, 5.41) is 3.45. The summed E-state index contributed by atoms with van der Waals surface area (Å²) in [5.41, 5.74) is 3.59. The molecular formula is C17H24N4. The number of hydrogen-bond donors (Lipinski definition) is 1. The first-order chi connectivity index (χ1) is 10.2. The largest absolute Gasteiger partial charge is 0.374 e. The fourth-order valence-electron chi connectivity index (χ4n) is 2.19. The maximum atomic E-state index is 4.37. The molecule has 2 aromatic rings. The Kier molecular flexibility index (Phi) is 5.69. The second-order valence-electron chi connectivity index (χ2n) is 5.53. The number of aromatic nitrogens is 2. The van der Waals surface area contributed by atoms with Gasteiger partial charge in [-0.05, 0) is 18.2 Å². The molecule has 2 heterocycles. The minimum Gasteiger partial charge on any atom is -0.374 e. The number of nitrogens with zero attached hydrogens (tertiary/aromatic N) is 3. The molecule has 0 saturated carbocycles. The zero-order chi connectivity index (χ0) is 15.1. The van der Waals surface area contributed by atoms with Crippen LogP contribution in [0.5, 0.6) is 0 Å². The highest BCUT2D eigenvalue weighted by Gasteiger charge is 2.08. The molecule has 0 radical (unpaired) electrons. The van der Waals surface area contributed by atoms with Gasteiger partial charge in [-0.2, -0.15) is 0 Å². The Morgan fingerprint density at radius 3 is 2.76 bits per heavy atom. The van der Waals surface area contributed by atoms with Gasteiger partial charge in [0, 0.05) is 68.1 Å². The van der Waals surface area contributed by atoms with E-state index in [1.807, 2.05) is 30.7 Å². The Morgan fingerprint density at radius 2 is 2.05 bits per heavy atom. The van der Waals surface area contributed by atoms with Crippen LogP contribution in [0.2, 0.25) is 0 Å². The van der Waals surface area contributed by atoms with Crippen molar-refractivity contribution in [2.45, 2.75) is 32.9 Å². The van der Waals surface area contributed by atoms with E-state index in [0.717, 1.165) is 25.2 Å². The summed E-state index contributed by atoms with van der Waals surface area (Å²) in [6.45, 7) is 6.09.